The zero-order valence-electron chi connectivity index (χ0n) is 17.6. The molecule has 0 spiro atoms. The van der Waals surface area contributed by atoms with Crippen molar-refractivity contribution >= 4 is 17.5 Å². The second kappa shape index (κ2) is 9.21. The molecule has 0 saturated heterocycles. The van der Waals surface area contributed by atoms with E-state index in [1.54, 1.807) is 61.6 Å². The topological polar surface area (TPSA) is 102 Å². The monoisotopic (exact) mass is 421 g/mol. The normalized spacial score (nSPS) is 10.5. The van der Waals surface area contributed by atoms with E-state index in [2.05, 4.69) is 4.98 Å². The first-order valence-corrected chi connectivity index (χ1v) is 9.68. The maximum absolute atomic E-state index is 13.0. The van der Waals surface area contributed by atoms with Crippen LogP contribution in [0.5, 0.6) is 0 Å². The van der Waals surface area contributed by atoms with Gasteiger partial charge in [0.1, 0.15) is 5.69 Å². The lowest BCUT2D eigenvalue weighted by atomic mass is 10.1. The molecule has 0 atom stereocenters. The predicted octanol–water partition coefficient (Wildman–Crippen LogP) is 3.14. The van der Waals surface area contributed by atoms with Gasteiger partial charge in [-0.15, -0.1) is 0 Å². The molecule has 0 radical (unpaired) electrons. The molecule has 9 heteroatoms. The van der Waals surface area contributed by atoms with E-state index in [0.29, 0.717) is 24.3 Å². The van der Waals surface area contributed by atoms with E-state index in [1.807, 2.05) is 6.92 Å². The number of benzene rings is 2. The number of amides is 2. The molecule has 0 saturated carbocycles. The van der Waals surface area contributed by atoms with Crippen molar-refractivity contribution in [1.82, 2.24) is 19.4 Å². The van der Waals surface area contributed by atoms with Gasteiger partial charge in [0.25, 0.3) is 17.5 Å². The molecule has 0 aliphatic heterocycles. The average molecular weight is 421 g/mol. The van der Waals surface area contributed by atoms with E-state index in [-0.39, 0.29) is 23.1 Å². The van der Waals surface area contributed by atoms with Gasteiger partial charge in [-0.1, -0.05) is 12.1 Å². The number of aromatic nitrogens is 2. The molecule has 1 aromatic heterocycles. The van der Waals surface area contributed by atoms with E-state index in [0.717, 1.165) is 5.56 Å². The van der Waals surface area contributed by atoms with Gasteiger partial charge < -0.3 is 14.4 Å². The minimum atomic E-state index is -0.511. The van der Waals surface area contributed by atoms with Gasteiger partial charge in [0.15, 0.2) is 0 Å². The molecule has 0 aliphatic rings. The Hall–Kier alpha value is -4.01. The van der Waals surface area contributed by atoms with Crippen LogP contribution < -0.4 is 0 Å². The number of nitro groups is 1. The van der Waals surface area contributed by atoms with Crippen LogP contribution in [-0.4, -0.2) is 56.7 Å². The standard InChI is InChI=1S/C22H23N5O4/c1-4-25(14-16-5-7-17(8-6-16)21(28)24(2)3)22(29)18-9-10-19(20(13-18)27(30)31)26-12-11-23-15-26/h5-13,15H,4,14H2,1-3H3. The summed E-state index contributed by atoms with van der Waals surface area (Å²) >= 11 is 0. The first-order valence-electron chi connectivity index (χ1n) is 9.68. The number of nitrogens with zero attached hydrogens (tertiary/aromatic N) is 5. The number of rotatable bonds is 7. The van der Waals surface area contributed by atoms with E-state index >= 15 is 0 Å². The number of carbonyl (C=O) groups excluding carboxylic acids is 2. The van der Waals surface area contributed by atoms with Crippen LogP contribution in [0.4, 0.5) is 5.69 Å². The third kappa shape index (κ3) is 4.77. The highest BCUT2D eigenvalue weighted by atomic mass is 16.6. The van der Waals surface area contributed by atoms with Crippen molar-refractivity contribution in [1.29, 1.82) is 0 Å². The lowest BCUT2D eigenvalue weighted by molar-refractivity contribution is -0.384. The SMILES string of the molecule is CCN(Cc1ccc(C(=O)N(C)C)cc1)C(=O)c1ccc(-n2ccnc2)c([N+](=O)[O-])c1. The molecule has 2 amide bonds. The maximum atomic E-state index is 13.0. The van der Waals surface area contributed by atoms with Crippen LogP contribution in [0.25, 0.3) is 5.69 Å². The van der Waals surface area contributed by atoms with E-state index < -0.39 is 4.92 Å². The summed E-state index contributed by atoms with van der Waals surface area (Å²) in [6, 6.07) is 11.5. The molecule has 0 bridgehead atoms. The number of nitro benzene ring substituents is 1. The van der Waals surface area contributed by atoms with Crippen molar-refractivity contribution in [2.75, 3.05) is 20.6 Å². The number of imidazole rings is 1. The zero-order valence-corrected chi connectivity index (χ0v) is 17.6. The minimum absolute atomic E-state index is 0.0970. The van der Waals surface area contributed by atoms with Gasteiger partial charge in [0.2, 0.25) is 0 Å². The molecule has 1 heterocycles. The van der Waals surface area contributed by atoms with Crippen molar-refractivity contribution in [2.45, 2.75) is 13.5 Å². The smallest absolute Gasteiger partial charge is 0.294 e. The first-order chi connectivity index (χ1) is 14.8. The fourth-order valence-electron chi connectivity index (χ4n) is 3.16. The number of hydrogen-bond acceptors (Lipinski definition) is 5. The van der Waals surface area contributed by atoms with Crippen molar-refractivity contribution in [3.63, 3.8) is 0 Å². The Kier molecular flexibility index (Phi) is 6.44. The van der Waals surface area contributed by atoms with Gasteiger partial charge in [-0.25, -0.2) is 4.98 Å². The lowest BCUT2D eigenvalue weighted by Gasteiger charge is -2.21. The Morgan fingerprint density at radius 3 is 2.29 bits per heavy atom. The molecule has 31 heavy (non-hydrogen) atoms. The Morgan fingerprint density at radius 2 is 1.74 bits per heavy atom. The van der Waals surface area contributed by atoms with Gasteiger partial charge in [0, 0.05) is 56.8 Å². The Labute approximate surface area is 179 Å². The highest BCUT2D eigenvalue weighted by Gasteiger charge is 2.21. The Balaban J connectivity index is 1.83. The molecular weight excluding hydrogens is 398 g/mol. The van der Waals surface area contributed by atoms with Crippen molar-refractivity contribution in [2.24, 2.45) is 0 Å². The van der Waals surface area contributed by atoms with Crippen molar-refractivity contribution < 1.29 is 14.5 Å². The molecule has 2 aromatic carbocycles. The van der Waals surface area contributed by atoms with Crippen LogP contribution in [0.15, 0.2) is 61.2 Å². The summed E-state index contributed by atoms with van der Waals surface area (Å²) in [6.45, 7) is 2.59. The summed E-state index contributed by atoms with van der Waals surface area (Å²) in [5.74, 6) is -0.406. The molecule has 3 rings (SSSR count). The Bertz CT molecular complexity index is 1090. The third-order valence-electron chi connectivity index (χ3n) is 4.85. The summed E-state index contributed by atoms with van der Waals surface area (Å²) in [5, 5.41) is 11.6. The van der Waals surface area contributed by atoms with E-state index in [4.69, 9.17) is 0 Å². The van der Waals surface area contributed by atoms with Gasteiger partial charge in [-0.2, -0.15) is 0 Å². The number of carbonyl (C=O) groups is 2. The molecule has 0 aliphatic carbocycles. The summed E-state index contributed by atoms with van der Waals surface area (Å²) in [7, 11) is 3.37. The summed E-state index contributed by atoms with van der Waals surface area (Å²) in [6.07, 6.45) is 4.60. The molecule has 3 aromatic rings. The fourth-order valence-corrected chi connectivity index (χ4v) is 3.16. The summed E-state index contributed by atoms with van der Waals surface area (Å²) in [5.41, 5.74) is 1.82. The van der Waals surface area contributed by atoms with Crippen molar-refractivity contribution in [3.05, 3.63) is 88.0 Å². The Morgan fingerprint density at radius 1 is 1.06 bits per heavy atom. The molecule has 0 unspecified atom stereocenters. The van der Waals surface area contributed by atoms with Crippen LogP contribution >= 0.6 is 0 Å². The average Bonchev–Trinajstić information content (AvgIpc) is 3.31. The molecular formula is C22H23N5O4. The molecule has 9 nitrogen and oxygen atoms in total. The van der Waals surface area contributed by atoms with Gasteiger partial charge in [-0.05, 0) is 36.8 Å². The zero-order chi connectivity index (χ0) is 22.5. The fraction of sp³-hybridized carbons (Fsp3) is 0.227. The van der Waals surface area contributed by atoms with E-state index in [1.165, 1.54) is 28.1 Å². The predicted molar refractivity (Wildman–Crippen MR) is 115 cm³/mol. The minimum Gasteiger partial charge on any atom is -0.345 e. The molecule has 0 N–H and O–H groups in total. The van der Waals surface area contributed by atoms with Gasteiger partial charge >= 0.3 is 0 Å². The van der Waals surface area contributed by atoms with Crippen molar-refractivity contribution in [3.8, 4) is 5.69 Å². The van der Waals surface area contributed by atoms with Crippen LogP contribution in [0.3, 0.4) is 0 Å². The second-order valence-corrected chi connectivity index (χ2v) is 7.15. The highest BCUT2D eigenvalue weighted by molar-refractivity contribution is 5.95. The van der Waals surface area contributed by atoms with E-state index in [9.17, 15) is 19.7 Å². The second-order valence-electron chi connectivity index (χ2n) is 7.15. The van der Waals surface area contributed by atoms with Crippen LogP contribution in [-0.2, 0) is 6.54 Å². The van der Waals surface area contributed by atoms with Gasteiger partial charge in [0.05, 0.1) is 11.3 Å². The molecule has 0 fully saturated rings. The van der Waals surface area contributed by atoms with Gasteiger partial charge in [-0.3, -0.25) is 19.7 Å². The lowest BCUT2D eigenvalue weighted by Crippen LogP contribution is -2.30. The third-order valence-corrected chi connectivity index (χ3v) is 4.85. The summed E-state index contributed by atoms with van der Waals surface area (Å²) in [4.78, 5) is 43.1. The summed E-state index contributed by atoms with van der Waals surface area (Å²) < 4.78 is 1.53. The highest BCUT2D eigenvalue weighted by Crippen LogP contribution is 2.25. The first kappa shape index (κ1) is 21.7. The van der Waals surface area contributed by atoms with Crippen LogP contribution in [0, 0.1) is 10.1 Å². The number of hydrogen-bond donors (Lipinski definition) is 0. The largest absolute Gasteiger partial charge is 0.345 e. The maximum Gasteiger partial charge on any atom is 0.294 e. The molecule has 160 valence electrons. The van der Waals surface area contributed by atoms with Crippen LogP contribution in [0.2, 0.25) is 0 Å². The quantitative estimate of drug-likeness (QED) is 0.431. The van der Waals surface area contributed by atoms with Crippen LogP contribution in [0.1, 0.15) is 33.2 Å².